The Morgan fingerprint density at radius 3 is 1.08 bits per heavy atom. The molecule has 0 N–H and O–H groups in total. The second-order valence-corrected chi connectivity index (χ2v) is 15.8. The van der Waals surface area contributed by atoms with Crippen LogP contribution in [0.5, 0.6) is 0 Å². The maximum atomic E-state index is 2.29. The first kappa shape index (κ1) is 48.4. The summed E-state index contributed by atoms with van der Waals surface area (Å²) in [7, 11) is 0. The Hall–Kier alpha value is -6.24. The average molecular weight is 815 g/mol. The molecule has 0 amide bonds. The van der Waals surface area contributed by atoms with Crippen LogP contribution in [0.15, 0.2) is 194 Å². The summed E-state index contributed by atoms with van der Waals surface area (Å²) in [5.41, 5.74) is 21.4. The third-order valence-electron chi connectivity index (χ3n) is 10.7. The largest absolute Gasteiger partial charge is 0.0683 e. The van der Waals surface area contributed by atoms with Gasteiger partial charge in [0.2, 0.25) is 0 Å². The molecule has 0 unspecified atom stereocenters. The van der Waals surface area contributed by atoms with Crippen LogP contribution in [-0.4, -0.2) is 0 Å². The molecule has 0 nitrogen and oxygen atoms in total. The van der Waals surface area contributed by atoms with Gasteiger partial charge in [-0.1, -0.05) is 253 Å². The molecule has 62 heavy (non-hydrogen) atoms. The summed E-state index contributed by atoms with van der Waals surface area (Å²) in [5.74, 6) is 0. The Morgan fingerprint density at radius 1 is 0.339 bits per heavy atom. The predicted octanol–water partition coefficient (Wildman–Crippen LogP) is 18.3. The topological polar surface area (TPSA) is 0 Å². The van der Waals surface area contributed by atoms with Crippen molar-refractivity contribution in [3.05, 3.63) is 239 Å². The molecule has 0 aliphatic carbocycles. The second-order valence-electron chi connectivity index (χ2n) is 15.8. The van der Waals surface area contributed by atoms with Crippen molar-refractivity contribution in [1.29, 1.82) is 0 Å². The van der Waals surface area contributed by atoms with Crippen LogP contribution in [0, 0.1) is 34.6 Å². The fourth-order valence-corrected chi connectivity index (χ4v) is 7.32. The number of hydrogen-bond donors (Lipinski definition) is 0. The molecule has 0 heteroatoms. The van der Waals surface area contributed by atoms with Crippen LogP contribution in [-0.2, 0) is 12.8 Å². The molecular formula is C62H70. The van der Waals surface area contributed by atoms with Crippen molar-refractivity contribution in [2.45, 2.75) is 94.9 Å². The van der Waals surface area contributed by atoms with E-state index in [0.717, 1.165) is 6.42 Å². The van der Waals surface area contributed by atoms with E-state index in [4.69, 9.17) is 0 Å². The van der Waals surface area contributed by atoms with Crippen molar-refractivity contribution in [3.8, 4) is 44.5 Å². The molecule has 8 aromatic carbocycles. The standard InChI is InChI=1S/C26H22.C18H22.C13H12.C3H8.C2H6/c1-20-7-13-24(14-8-20)26-17-11-22(12-18-26)19-21-9-15-25(16-10-21)23-5-3-2-4-6-23;1-5-8-16-12-11-14(3)18(15(16)4)17-10-7-6-9-13(17)2;1-11-7-9-13(10-8-11)12-5-3-2-4-6-12;1-3-2;1-2/h2-18H,19H2,1H3;6-7,9-12H,5,8H2,1-4H3;2-10H,1H3;3H2,1-2H3;1-2H3. The van der Waals surface area contributed by atoms with Gasteiger partial charge >= 0.3 is 0 Å². The van der Waals surface area contributed by atoms with E-state index in [2.05, 4.69) is 243 Å². The highest BCUT2D eigenvalue weighted by Crippen LogP contribution is 2.32. The Kier molecular flexibility index (Phi) is 20.4. The lowest BCUT2D eigenvalue weighted by atomic mass is 9.89. The first-order chi connectivity index (χ1) is 30.2. The van der Waals surface area contributed by atoms with Gasteiger partial charge in [-0.2, -0.15) is 0 Å². The van der Waals surface area contributed by atoms with Gasteiger partial charge in [0, 0.05) is 0 Å². The third kappa shape index (κ3) is 14.7. The number of benzene rings is 8. The molecule has 8 rings (SSSR count). The lowest BCUT2D eigenvalue weighted by molar-refractivity contribution is 0.912. The summed E-state index contributed by atoms with van der Waals surface area (Å²) in [6.45, 7) is 21.4. The first-order valence-corrected chi connectivity index (χ1v) is 22.8. The molecule has 0 fully saturated rings. The van der Waals surface area contributed by atoms with Crippen LogP contribution >= 0.6 is 0 Å². The van der Waals surface area contributed by atoms with Crippen molar-refractivity contribution in [2.24, 2.45) is 0 Å². The fraction of sp³-hybridized carbons (Fsp3) is 0.226. The van der Waals surface area contributed by atoms with Crippen LogP contribution in [0.3, 0.4) is 0 Å². The zero-order valence-electron chi connectivity index (χ0n) is 39.3. The van der Waals surface area contributed by atoms with Gasteiger partial charge in [0.1, 0.15) is 0 Å². The van der Waals surface area contributed by atoms with E-state index in [1.807, 2.05) is 19.9 Å². The predicted molar refractivity (Wildman–Crippen MR) is 275 cm³/mol. The van der Waals surface area contributed by atoms with Crippen LogP contribution in [0.25, 0.3) is 44.5 Å². The zero-order chi connectivity index (χ0) is 44.7. The molecule has 318 valence electrons. The van der Waals surface area contributed by atoms with Crippen LogP contribution < -0.4 is 0 Å². The second kappa shape index (κ2) is 26.2. The van der Waals surface area contributed by atoms with E-state index in [1.165, 1.54) is 108 Å². The Balaban J connectivity index is 0.000000205. The molecule has 8 aromatic rings. The maximum Gasteiger partial charge on any atom is -0.00258 e. The van der Waals surface area contributed by atoms with Crippen molar-refractivity contribution in [1.82, 2.24) is 0 Å². The van der Waals surface area contributed by atoms with Gasteiger partial charge in [-0.05, 0) is 125 Å². The van der Waals surface area contributed by atoms with E-state index in [1.54, 1.807) is 0 Å². The summed E-state index contributed by atoms with van der Waals surface area (Å²) in [6, 6.07) is 69.3. The zero-order valence-corrected chi connectivity index (χ0v) is 39.3. The van der Waals surface area contributed by atoms with Gasteiger partial charge in [-0.15, -0.1) is 0 Å². The lowest BCUT2D eigenvalue weighted by Gasteiger charge is -2.16. The summed E-state index contributed by atoms with van der Waals surface area (Å²) in [4.78, 5) is 0. The van der Waals surface area contributed by atoms with E-state index in [-0.39, 0.29) is 0 Å². The van der Waals surface area contributed by atoms with Gasteiger partial charge in [-0.25, -0.2) is 0 Å². The van der Waals surface area contributed by atoms with Crippen LogP contribution in [0.1, 0.15) is 92.0 Å². The monoisotopic (exact) mass is 815 g/mol. The van der Waals surface area contributed by atoms with Gasteiger partial charge < -0.3 is 0 Å². The smallest absolute Gasteiger partial charge is 0.00258 e. The van der Waals surface area contributed by atoms with Crippen LogP contribution in [0.2, 0.25) is 0 Å². The van der Waals surface area contributed by atoms with E-state index in [9.17, 15) is 0 Å². The van der Waals surface area contributed by atoms with Gasteiger partial charge in [0.25, 0.3) is 0 Å². The highest BCUT2D eigenvalue weighted by atomic mass is 14.2. The summed E-state index contributed by atoms with van der Waals surface area (Å²) < 4.78 is 0. The maximum absolute atomic E-state index is 2.29. The minimum Gasteiger partial charge on any atom is -0.0683 e. The third-order valence-corrected chi connectivity index (χ3v) is 10.7. The SMILES string of the molecule is CC.CCC.CCCc1ccc(C)c(-c2ccccc2C)c1C.Cc1ccc(-c2ccc(Cc3ccc(-c4ccccc4)cc3)cc2)cc1.Cc1ccc(-c2ccccc2)cc1. The molecule has 0 saturated carbocycles. The molecule has 0 radical (unpaired) electrons. The van der Waals surface area contributed by atoms with Crippen molar-refractivity contribution in [3.63, 3.8) is 0 Å². The molecular weight excluding hydrogens is 745 g/mol. The van der Waals surface area contributed by atoms with E-state index < -0.39 is 0 Å². The quantitative estimate of drug-likeness (QED) is 0.143. The average Bonchev–Trinajstić information content (AvgIpc) is 3.31. The molecule has 0 aliphatic heterocycles. The van der Waals surface area contributed by atoms with Gasteiger partial charge in [0.15, 0.2) is 0 Å². The molecule has 0 bridgehead atoms. The molecule has 0 spiro atoms. The van der Waals surface area contributed by atoms with Crippen molar-refractivity contribution < 1.29 is 0 Å². The van der Waals surface area contributed by atoms with Crippen molar-refractivity contribution in [2.75, 3.05) is 0 Å². The van der Waals surface area contributed by atoms with Crippen molar-refractivity contribution >= 4 is 0 Å². The van der Waals surface area contributed by atoms with E-state index >= 15 is 0 Å². The number of rotatable bonds is 8. The van der Waals surface area contributed by atoms with Gasteiger partial charge in [-0.3, -0.25) is 0 Å². The summed E-state index contributed by atoms with van der Waals surface area (Å²) >= 11 is 0. The molecule has 0 aliphatic rings. The Bertz CT molecular complexity index is 2430. The fourth-order valence-electron chi connectivity index (χ4n) is 7.32. The molecule has 0 heterocycles. The minimum absolute atomic E-state index is 0.962. The summed E-state index contributed by atoms with van der Waals surface area (Å²) in [5, 5.41) is 0. The minimum atomic E-state index is 0.962. The van der Waals surface area contributed by atoms with E-state index in [0.29, 0.717) is 0 Å². The highest BCUT2D eigenvalue weighted by molar-refractivity contribution is 5.74. The highest BCUT2D eigenvalue weighted by Gasteiger charge is 2.11. The van der Waals surface area contributed by atoms with Gasteiger partial charge in [0.05, 0.1) is 0 Å². The molecule has 0 atom stereocenters. The first-order valence-electron chi connectivity index (χ1n) is 22.8. The number of hydrogen-bond acceptors (Lipinski definition) is 0. The Labute approximate surface area is 376 Å². The number of aryl methyl sites for hydroxylation is 5. The normalized spacial score (nSPS) is 10.0. The molecule has 0 aromatic heterocycles. The Morgan fingerprint density at radius 2 is 0.694 bits per heavy atom. The summed E-state index contributed by atoms with van der Waals surface area (Å²) in [6.07, 6.45) is 4.59. The van der Waals surface area contributed by atoms with Crippen LogP contribution in [0.4, 0.5) is 0 Å². The molecule has 0 saturated heterocycles. The lowest BCUT2D eigenvalue weighted by Crippen LogP contribution is -1.96.